The van der Waals surface area contributed by atoms with Crippen molar-refractivity contribution in [1.82, 2.24) is 9.97 Å². The lowest BCUT2D eigenvalue weighted by Gasteiger charge is -2.04. The van der Waals surface area contributed by atoms with Crippen LogP contribution in [0.25, 0.3) is 16.7 Å². The molecule has 112 valence electrons. The molecule has 0 unspecified atom stereocenters. The molecule has 23 heavy (non-hydrogen) atoms. The number of H-pyrrole nitrogens is 1. The van der Waals surface area contributed by atoms with Crippen molar-refractivity contribution in [2.75, 3.05) is 0 Å². The first-order valence-corrected chi connectivity index (χ1v) is 7.37. The lowest BCUT2D eigenvalue weighted by atomic mass is 10.1. The van der Waals surface area contributed by atoms with Crippen molar-refractivity contribution in [2.45, 2.75) is 13.8 Å². The quantitative estimate of drug-likeness (QED) is 0.733. The zero-order chi connectivity index (χ0) is 16.2. The molecule has 0 saturated heterocycles. The van der Waals surface area contributed by atoms with Crippen molar-refractivity contribution in [2.24, 2.45) is 4.99 Å². The number of hydrogen-bond acceptors (Lipinski definition) is 3. The molecule has 0 bridgehead atoms. The first kappa shape index (κ1) is 14.7. The number of nitrogens with one attached hydrogen (secondary N) is 1. The Labute approximate surface area is 134 Å². The lowest BCUT2D eigenvalue weighted by molar-refractivity contribution is 1.31. The predicted octanol–water partition coefficient (Wildman–Crippen LogP) is 4.30. The Bertz CT molecular complexity index is 940. The smallest absolute Gasteiger partial charge is 0.137 e. The zero-order valence-corrected chi connectivity index (χ0v) is 13.0. The van der Waals surface area contributed by atoms with Crippen LogP contribution in [0, 0.1) is 11.3 Å². The van der Waals surface area contributed by atoms with Crippen molar-refractivity contribution < 1.29 is 0 Å². The fourth-order valence-electron chi connectivity index (χ4n) is 2.51. The van der Waals surface area contributed by atoms with Gasteiger partial charge in [-0.15, -0.1) is 0 Å². The van der Waals surface area contributed by atoms with Gasteiger partial charge in [0.1, 0.15) is 11.7 Å². The van der Waals surface area contributed by atoms with Crippen molar-refractivity contribution >= 4 is 22.4 Å². The van der Waals surface area contributed by atoms with E-state index in [4.69, 9.17) is 10.3 Å². The summed E-state index contributed by atoms with van der Waals surface area (Å²) in [5.74, 6) is 0. The van der Waals surface area contributed by atoms with E-state index in [1.165, 1.54) is 0 Å². The molecule has 3 aromatic rings. The summed E-state index contributed by atoms with van der Waals surface area (Å²) >= 11 is 0. The third kappa shape index (κ3) is 2.90. The number of aromatic amines is 1. The van der Waals surface area contributed by atoms with Crippen LogP contribution in [0.1, 0.15) is 30.5 Å². The summed E-state index contributed by atoms with van der Waals surface area (Å²) in [5, 5.41) is 9.97. The van der Waals surface area contributed by atoms with Crippen molar-refractivity contribution in [1.29, 1.82) is 5.26 Å². The van der Waals surface area contributed by atoms with Gasteiger partial charge >= 0.3 is 0 Å². The summed E-state index contributed by atoms with van der Waals surface area (Å²) in [5.41, 5.74) is 5.13. The molecule has 0 amide bonds. The van der Waals surface area contributed by atoms with Crippen LogP contribution >= 0.6 is 0 Å². The Kier molecular flexibility index (Phi) is 4.03. The highest BCUT2D eigenvalue weighted by atomic mass is 14.8. The molecule has 0 fully saturated rings. The van der Waals surface area contributed by atoms with Gasteiger partial charge in [0.05, 0.1) is 11.3 Å². The fraction of sp³-hybridized carbons (Fsp3) is 0.105. The highest BCUT2D eigenvalue weighted by molar-refractivity contribution is 6.10. The normalized spacial score (nSPS) is 12.4. The van der Waals surface area contributed by atoms with E-state index in [0.29, 0.717) is 5.56 Å². The zero-order valence-electron chi connectivity index (χ0n) is 13.0. The van der Waals surface area contributed by atoms with Gasteiger partial charge < -0.3 is 4.98 Å². The number of aliphatic imine (C=N–C) groups is 1. The molecule has 1 aromatic carbocycles. The van der Waals surface area contributed by atoms with Crippen molar-refractivity contribution in [3.8, 4) is 6.07 Å². The molecule has 0 saturated carbocycles. The Morgan fingerprint density at radius 2 is 2.09 bits per heavy atom. The SMILES string of the molecule is C/C=C(\N=C(/C)c1c[nH]c2ncc(C#N)cc12)c1ccccc1. The van der Waals surface area contributed by atoms with Crippen LogP contribution in [-0.2, 0) is 0 Å². The number of nitrogens with zero attached hydrogens (tertiary/aromatic N) is 3. The van der Waals surface area contributed by atoms with E-state index in [-0.39, 0.29) is 0 Å². The van der Waals surface area contributed by atoms with E-state index < -0.39 is 0 Å². The standard InChI is InChI=1S/C19H16N4/c1-3-18(15-7-5-4-6-8-15)23-13(2)17-12-22-19-16(17)9-14(10-20)11-21-19/h3-9,11-12H,1-2H3,(H,21,22)/b18-3-,23-13+. The monoisotopic (exact) mass is 300 g/mol. The second-order valence-electron chi connectivity index (χ2n) is 5.17. The first-order chi connectivity index (χ1) is 11.2. The summed E-state index contributed by atoms with van der Waals surface area (Å²) in [6.45, 7) is 3.94. The summed E-state index contributed by atoms with van der Waals surface area (Å²) in [6.07, 6.45) is 5.44. The number of fused-ring (bicyclic) bond motifs is 1. The third-order valence-electron chi connectivity index (χ3n) is 3.68. The number of pyridine rings is 1. The Morgan fingerprint density at radius 1 is 1.30 bits per heavy atom. The van der Waals surface area contributed by atoms with Gasteiger partial charge in [0.25, 0.3) is 0 Å². The van der Waals surface area contributed by atoms with E-state index in [0.717, 1.165) is 33.6 Å². The third-order valence-corrected chi connectivity index (χ3v) is 3.68. The fourth-order valence-corrected chi connectivity index (χ4v) is 2.51. The van der Waals surface area contributed by atoms with Gasteiger partial charge in [-0.2, -0.15) is 5.26 Å². The van der Waals surface area contributed by atoms with Gasteiger partial charge in [0.15, 0.2) is 0 Å². The molecule has 0 spiro atoms. The van der Waals surface area contributed by atoms with E-state index in [9.17, 15) is 0 Å². The molecule has 0 aliphatic heterocycles. The Morgan fingerprint density at radius 3 is 2.78 bits per heavy atom. The van der Waals surface area contributed by atoms with Crippen LogP contribution in [0.4, 0.5) is 0 Å². The van der Waals surface area contributed by atoms with Gasteiger partial charge in [-0.3, -0.25) is 4.99 Å². The maximum absolute atomic E-state index is 9.06. The second-order valence-corrected chi connectivity index (χ2v) is 5.17. The molecule has 4 nitrogen and oxygen atoms in total. The number of rotatable bonds is 3. The van der Waals surface area contributed by atoms with E-state index in [1.807, 2.05) is 62.5 Å². The minimum Gasteiger partial charge on any atom is -0.345 e. The van der Waals surface area contributed by atoms with Crippen LogP contribution < -0.4 is 0 Å². The molecular weight excluding hydrogens is 284 g/mol. The van der Waals surface area contributed by atoms with E-state index in [2.05, 4.69) is 16.0 Å². The van der Waals surface area contributed by atoms with Crippen LogP contribution in [0.2, 0.25) is 0 Å². The summed E-state index contributed by atoms with van der Waals surface area (Å²) in [4.78, 5) is 12.2. The van der Waals surface area contributed by atoms with Gasteiger partial charge in [0.2, 0.25) is 0 Å². The minimum atomic E-state index is 0.542. The highest BCUT2D eigenvalue weighted by Gasteiger charge is 2.09. The summed E-state index contributed by atoms with van der Waals surface area (Å²) in [6, 6.07) is 14.0. The van der Waals surface area contributed by atoms with Gasteiger partial charge in [-0.25, -0.2) is 4.98 Å². The Hall–Kier alpha value is -3.19. The molecule has 1 N–H and O–H groups in total. The van der Waals surface area contributed by atoms with E-state index in [1.54, 1.807) is 6.20 Å². The molecule has 0 aliphatic carbocycles. The predicted molar refractivity (Wildman–Crippen MR) is 93.1 cm³/mol. The van der Waals surface area contributed by atoms with Gasteiger partial charge in [-0.1, -0.05) is 36.4 Å². The number of benzene rings is 1. The summed E-state index contributed by atoms with van der Waals surface area (Å²) in [7, 11) is 0. The second kappa shape index (κ2) is 6.29. The molecule has 2 aromatic heterocycles. The lowest BCUT2D eigenvalue weighted by Crippen LogP contribution is -1.95. The number of hydrogen-bond donors (Lipinski definition) is 1. The van der Waals surface area contributed by atoms with E-state index >= 15 is 0 Å². The number of aromatic nitrogens is 2. The number of nitriles is 1. The van der Waals surface area contributed by atoms with Crippen molar-refractivity contribution in [3.63, 3.8) is 0 Å². The van der Waals surface area contributed by atoms with Gasteiger partial charge in [-0.05, 0) is 25.5 Å². The maximum atomic E-state index is 9.06. The molecular formula is C19H16N4. The van der Waals surface area contributed by atoms with Crippen LogP contribution in [0.15, 0.2) is 59.9 Å². The van der Waals surface area contributed by atoms with Crippen LogP contribution in [0.5, 0.6) is 0 Å². The molecule has 0 radical (unpaired) electrons. The van der Waals surface area contributed by atoms with Crippen molar-refractivity contribution in [3.05, 3.63) is 71.6 Å². The van der Waals surface area contributed by atoms with Crippen LogP contribution in [-0.4, -0.2) is 15.7 Å². The first-order valence-electron chi connectivity index (χ1n) is 7.37. The molecule has 4 heteroatoms. The molecule has 3 rings (SSSR count). The molecule has 2 heterocycles. The topological polar surface area (TPSA) is 64.8 Å². The largest absolute Gasteiger partial charge is 0.345 e. The average Bonchev–Trinajstić information content (AvgIpc) is 3.03. The number of allylic oxidation sites excluding steroid dienone is 1. The average molecular weight is 300 g/mol. The molecule has 0 aliphatic rings. The summed E-state index contributed by atoms with van der Waals surface area (Å²) < 4.78 is 0. The van der Waals surface area contributed by atoms with Crippen LogP contribution in [0.3, 0.4) is 0 Å². The minimum absolute atomic E-state index is 0.542. The Balaban J connectivity index is 2.06. The highest BCUT2D eigenvalue weighted by Crippen LogP contribution is 2.21. The maximum Gasteiger partial charge on any atom is 0.137 e. The van der Waals surface area contributed by atoms with Gasteiger partial charge in [0, 0.05) is 29.1 Å². The molecule has 0 atom stereocenters.